The highest BCUT2D eigenvalue weighted by Gasteiger charge is 2.12. The van der Waals surface area contributed by atoms with Crippen molar-refractivity contribution in [1.82, 2.24) is 20.1 Å². The molecule has 0 fully saturated rings. The number of carbonyl (C=O) groups is 2. The maximum atomic E-state index is 12.2. The van der Waals surface area contributed by atoms with Crippen LogP contribution in [0.2, 0.25) is 0 Å². The molecular formula is C14H18N4O2S2. The van der Waals surface area contributed by atoms with Crippen molar-refractivity contribution in [1.29, 1.82) is 0 Å². The van der Waals surface area contributed by atoms with E-state index >= 15 is 0 Å². The molecule has 6 nitrogen and oxygen atoms in total. The van der Waals surface area contributed by atoms with E-state index in [4.69, 9.17) is 0 Å². The second-order valence-corrected chi connectivity index (χ2v) is 6.72. The Morgan fingerprint density at radius 1 is 1.41 bits per heavy atom. The van der Waals surface area contributed by atoms with Crippen molar-refractivity contribution < 1.29 is 9.59 Å². The van der Waals surface area contributed by atoms with E-state index in [1.165, 1.54) is 30.0 Å². The van der Waals surface area contributed by atoms with Gasteiger partial charge >= 0.3 is 0 Å². The predicted octanol–water partition coefficient (Wildman–Crippen LogP) is 2.01. The van der Waals surface area contributed by atoms with Gasteiger partial charge in [-0.3, -0.25) is 9.59 Å². The van der Waals surface area contributed by atoms with E-state index in [2.05, 4.69) is 15.5 Å². The second kappa shape index (κ2) is 8.09. The lowest BCUT2D eigenvalue weighted by atomic mass is 10.3. The standard InChI is InChI=1S/C14H18N4O2S2/c1-3-18-9-16-17-14(18)21-8-12(20)13-5-4-11(22-13)6-7-15-10(2)19/h4-5,9H,3,6-8H2,1-2H3,(H,15,19). The van der Waals surface area contributed by atoms with E-state index in [0.717, 1.165) is 27.9 Å². The summed E-state index contributed by atoms with van der Waals surface area (Å²) < 4.78 is 1.91. The number of hydrogen-bond acceptors (Lipinski definition) is 6. The summed E-state index contributed by atoms with van der Waals surface area (Å²) in [5.41, 5.74) is 0. The molecule has 22 heavy (non-hydrogen) atoms. The van der Waals surface area contributed by atoms with Crippen LogP contribution < -0.4 is 5.32 Å². The number of Topliss-reactive ketones (excluding diaryl/α,β-unsaturated/α-hetero) is 1. The van der Waals surface area contributed by atoms with Crippen LogP contribution in [0.4, 0.5) is 0 Å². The van der Waals surface area contributed by atoms with Gasteiger partial charge in [0.15, 0.2) is 10.9 Å². The van der Waals surface area contributed by atoms with Crippen LogP contribution in [0.1, 0.15) is 28.4 Å². The summed E-state index contributed by atoms with van der Waals surface area (Å²) in [6, 6.07) is 3.79. The third-order valence-corrected chi connectivity index (χ3v) is 5.10. The van der Waals surface area contributed by atoms with Crippen LogP contribution in [-0.2, 0) is 17.8 Å². The molecular weight excluding hydrogens is 320 g/mol. The normalized spacial score (nSPS) is 10.6. The molecule has 0 saturated heterocycles. The molecule has 0 saturated carbocycles. The quantitative estimate of drug-likeness (QED) is 0.588. The molecule has 0 aliphatic heterocycles. The molecule has 118 valence electrons. The van der Waals surface area contributed by atoms with Gasteiger partial charge in [0, 0.05) is 24.9 Å². The Bertz CT molecular complexity index is 651. The summed E-state index contributed by atoms with van der Waals surface area (Å²) in [4.78, 5) is 24.9. The minimum absolute atomic E-state index is 0.0377. The van der Waals surface area contributed by atoms with Gasteiger partial charge in [0.25, 0.3) is 0 Å². The van der Waals surface area contributed by atoms with E-state index in [9.17, 15) is 9.59 Å². The molecule has 1 amide bonds. The monoisotopic (exact) mass is 338 g/mol. The molecule has 0 unspecified atom stereocenters. The molecule has 0 bridgehead atoms. The third kappa shape index (κ3) is 4.67. The minimum atomic E-state index is -0.0377. The highest BCUT2D eigenvalue weighted by molar-refractivity contribution is 7.99. The number of rotatable bonds is 8. The number of nitrogens with one attached hydrogen (secondary N) is 1. The summed E-state index contributed by atoms with van der Waals surface area (Å²) in [7, 11) is 0. The summed E-state index contributed by atoms with van der Waals surface area (Å²) in [6.45, 7) is 4.89. The maximum Gasteiger partial charge on any atom is 0.216 e. The van der Waals surface area contributed by atoms with Gasteiger partial charge in [0.1, 0.15) is 6.33 Å². The van der Waals surface area contributed by atoms with Gasteiger partial charge in [-0.1, -0.05) is 11.8 Å². The fourth-order valence-corrected chi connectivity index (χ4v) is 3.70. The molecule has 2 aromatic rings. The first-order valence-electron chi connectivity index (χ1n) is 6.97. The maximum absolute atomic E-state index is 12.2. The summed E-state index contributed by atoms with van der Waals surface area (Å²) in [5.74, 6) is 0.403. The minimum Gasteiger partial charge on any atom is -0.356 e. The van der Waals surface area contributed by atoms with Crippen LogP contribution >= 0.6 is 23.1 Å². The fraction of sp³-hybridized carbons (Fsp3) is 0.429. The summed E-state index contributed by atoms with van der Waals surface area (Å²) >= 11 is 2.88. The first kappa shape index (κ1) is 16.7. The molecule has 0 radical (unpaired) electrons. The Labute approximate surface area is 137 Å². The van der Waals surface area contributed by atoms with Crippen molar-refractivity contribution in [3.05, 3.63) is 28.2 Å². The van der Waals surface area contributed by atoms with Crippen LogP contribution in [-0.4, -0.2) is 38.8 Å². The first-order chi connectivity index (χ1) is 10.6. The van der Waals surface area contributed by atoms with Crippen molar-refractivity contribution in [3.8, 4) is 0 Å². The van der Waals surface area contributed by atoms with Gasteiger partial charge in [-0.05, 0) is 25.5 Å². The Balaban J connectivity index is 1.85. The third-order valence-electron chi connectivity index (χ3n) is 2.93. The lowest BCUT2D eigenvalue weighted by Gasteiger charge is -2.01. The number of thiophene rings is 1. The van der Waals surface area contributed by atoms with Crippen molar-refractivity contribution in [2.24, 2.45) is 0 Å². The van der Waals surface area contributed by atoms with Crippen LogP contribution in [0, 0.1) is 0 Å². The number of ketones is 1. The highest BCUT2D eigenvalue weighted by Crippen LogP contribution is 2.21. The molecule has 2 rings (SSSR count). The summed E-state index contributed by atoms with van der Waals surface area (Å²) in [5, 5.41) is 11.4. The lowest BCUT2D eigenvalue weighted by Crippen LogP contribution is -2.22. The average molecular weight is 338 g/mol. The Kier molecular flexibility index (Phi) is 6.14. The van der Waals surface area contributed by atoms with Gasteiger partial charge in [-0.25, -0.2) is 0 Å². The number of aryl methyl sites for hydroxylation is 1. The topological polar surface area (TPSA) is 76.9 Å². The van der Waals surface area contributed by atoms with Crippen molar-refractivity contribution in [2.45, 2.75) is 32.0 Å². The van der Waals surface area contributed by atoms with E-state index in [1.807, 2.05) is 23.6 Å². The molecule has 0 aliphatic rings. The van der Waals surface area contributed by atoms with Gasteiger partial charge < -0.3 is 9.88 Å². The van der Waals surface area contributed by atoms with Gasteiger partial charge in [0.2, 0.25) is 5.91 Å². The van der Waals surface area contributed by atoms with Gasteiger partial charge in [-0.15, -0.1) is 21.5 Å². The van der Waals surface area contributed by atoms with Gasteiger partial charge in [-0.2, -0.15) is 0 Å². The SMILES string of the molecule is CCn1cnnc1SCC(=O)c1ccc(CCNC(C)=O)s1. The number of thioether (sulfide) groups is 1. The zero-order valence-electron chi connectivity index (χ0n) is 12.5. The molecule has 0 aromatic carbocycles. The number of carbonyl (C=O) groups excluding carboxylic acids is 2. The van der Waals surface area contributed by atoms with E-state index in [1.54, 1.807) is 6.33 Å². The number of hydrogen-bond donors (Lipinski definition) is 1. The number of aromatic nitrogens is 3. The Hall–Kier alpha value is -1.67. The molecule has 0 atom stereocenters. The summed E-state index contributed by atoms with van der Waals surface area (Å²) in [6.07, 6.45) is 2.41. The van der Waals surface area contributed by atoms with E-state index in [0.29, 0.717) is 12.3 Å². The van der Waals surface area contributed by atoms with Gasteiger partial charge in [0.05, 0.1) is 10.6 Å². The van der Waals surface area contributed by atoms with Crippen molar-refractivity contribution in [2.75, 3.05) is 12.3 Å². The second-order valence-electron chi connectivity index (χ2n) is 4.61. The van der Waals surface area contributed by atoms with Crippen LogP contribution in [0.3, 0.4) is 0 Å². The lowest BCUT2D eigenvalue weighted by molar-refractivity contribution is -0.118. The molecule has 0 spiro atoms. The van der Waals surface area contributed by atoms with E-state index in [-0.39, 0.29) is 11.7 Å². The molecule has 2 aromatic heterocycles. The Morgan fingerprint density at radius 3 is 2.95 bits per heavy atom. The molecule has 8 heteroatoms. The molecule has 1 N–H and O–H groups in total. The van der Waals surface area contributed by atoms with E-state index < -0.39 is 0 Å². The fourth-order valence-electron chi connectivity index (χ4n) is 1.80. The Morgan fingerprint density at radius 2 is 2.23 bits per heavy atom. The predicted molar refractivity (Wildman–Crippen MR) is 87.5 cm³/mol. The van der Waals surface area contributed by atoms with Crippen molar-refractivity contribution in [3.63, 3.8) is 0 Å². The number of amides is 1. The molecule has 0 aliphatic carbocycles. The smallest absolute Gasteiger partial charge is 0.216 e. The van der Waals surface area contributed by atoms with Crippen molar-refractivity contribution >= 4 is 34.8 Å². The molecule has 2 heterocycles. The highest BCUT2D eigenvalue weighted by atomic mass is 32.2. The first-order valence-corrected chi connectivity index (χ1v) is 8.77. The van der Waals surface area contributed by atoms with Crippen LogP contribution in [0.25, 0.3) is 0 Å². The van der Waals surface area contributed by atoms with Crippen LogP contribution in [0.5, 0.6) is 0 Å². The zero-order chi connectivity index (χ0) is 15.9. The largest absolute Gasteiger partial charge is 0.356 e. The average Bonchev–Trinajstić information content (AvgIpc) is 3.13. The number of nitrogens with zero attached hydrogens (tertiary/aromatic N) is 3. The zero-order valence-corrected chi connectivity index (χ0v) is 14.2. The van der Waals surface area contributed by atoms with Crippen LogP contribution in [0.15, 0.2) is 23.6 Å².